The molecule has 2 rings (SSSR count). The monoisotopic (exact) mass is 280 g/mol. The molecule has 0 aliphatic carbocycles. The van der Waals surface area contributed by atoms with E-state index in [4.69, 9.17) is 9.56 Å². The molecular weight excluding hydrogens is 268 g/mol. The summed E-state index contributed by atoms with van der Waals surface area (Å²) in [6, 6.07) is 7.57. The van der Waals surface area contributed by atoms with Crippen molar-refractivity contribution in [3.63, 3.8) is 0 Å². The number of sulfonamides is 1. The fourth-order valence-corrected chi connectivity index (χ4v) is 2.45. The molecule has 0 fully saturated rings. The number of benzene rings is 1. The zero-order valence-corrected chi connectivity index (χ0v) is 10.9. The smallest absolute Gasteiger partial charge is 0.291 e. The quantitative estimate of drug-likeness (QED) is 0.889. The van der Waals surface area contributed by atoms with Crippen LogP contribution in [0.4, 0.5) is 5.69 Å². The lowest BCUT2D eigenvalue weighted by Crippen LogP contribution is -2.16. The lowest BCUT2D eigenvalue weighted by Gasteiger charge is -2.10. The number of carbonyl (C=O) groups excluding carboxylic acids is 1. The van der Waals surface area contributed by atoms with Gasteiger partial charge in [0, 0.05) is 5.69 Å². The molecule has 19 heavy (non-hydrogen) atoms. The molecule has 0 bridgehead atoms. The van der Waals surface area contributed by atoms with Gasteiger partial charge < -0.3 is 9.73 Å². The average Bonchev–Trinajstić information content (AvgIpc) is 2.83. The van der Waals surface area contributed by atoms with Crippen molar-refractivity contribution < 1.29 is 17.6 Å². The predicted molar refractivity (Wildman–Crippen MR) is 69.2 cm³/mol. The van der Waals surface area contributed by atoms with E-state index in [2.05, 4.69) is 5.32 Å². The number of nitrogens with one attached hydrogen (secondary N) is 1. The molecule has 1 aromatic heterocycles. The third kappa shape index (κ3) is 2.83. The van der Waals surface area contributed by atoms with Crippen molar-refractivity contribution in [2.45, 2.75) is 11.8 Å². The first-order valence-electron chi connectivity index (χ1n) is 5.37. The van der Waals surface area contributed by atoms with Gasteiger partial charge in [0.25, 0.3) is 5.91 Å². The van der Waals surface area contributed by atoms with Gasteiger partial charge in [-0.05, 0) is 36.8 Å². The Hall–Kier alpha value is -2.12. The van der Waals surface area contributed by atoms with E-state index in [-0.39, 0.29) is 10.7 Å². The van der Waals surface area contributed by atoms with Crippen LogP contribution in [0, 0.1) is 6.92 Å². The maximum Gasteiger partial charge on any atom is 0.291 e. The van der Waals surface area contributed by atoms with Gasteiger partial charge in [-0.2, -0.15) is 0 Å². The van der Waals surface area contributed by atoms with Gasteiger partial charge in [0.15, 0.2) is 5.76 Å². The Morgan fingerprint density at radius 2 is 2.00 bits per heavy atom. The second-order valence-corrected chi connectivity index (χ2v) is 5.43. The molecule has 2 aromatic rings. The summed E-state index contributed by atoms with van der Waals surface area (Å²) in [6.07, 6.45) is 1.38. The van der Waals surface area contributed by atoms with E-state index < -0.39 is 15.9 Å². The Labute approximate surface area is 110 Å². The van der Waals surface area contributed by atoms with Gasteiger partial charge in [-0.25, -0.2) is 13.6 Å². The van der Waals surface area contributed by atoms with Gasteiger partial charge >= 0.3 is 0 Å². The minimum atomic E-state index is -3.82. The highest BCUT2D eigenvalue weighted by molar-refractivity contribution is 7.89. The van der Waals surface area contributed by atoms with Crippen molar-refractivity contribution in [3.05, 3.63) is 47.9 Å². The molecule has 0 unspecified atom stereocenters. The van der Waals surface area contributed by atoms with E-state index in [9.17, 15) is 13.2 Å². The SMILES string of the molecule is Cc1c(NC(=O)c2ccco2)cccc1S(N)(=O)=O. The normalized spacial score (nSPS) is 11.3. The number of hydrogen-bond donors (Lipinski definition) is 2. The molecular formula is C12H12N2O4S. The van der Waals surface area contributed by atoms with Crippen LogP contribution < -0.4 is 10.5 Å². The summed E-state index contributed by atoms with van der Waals surface area (Å²) in [7, 11) is -3.82. The number of anilines is 1. The molecule has 0 saturated heterocycles. The maximum atomic E-state index is 11.8. The fourth-order valence-electron chi connectivity index (χ4n) is 1.65. The highest BCUT2D eigenvalue weighted by atomic mass is 32.2. The van der Waals surface area contributed by atoms with Crippen LogP contribution in [0.3, 0.4) is 0 Å². The number of furan rings is 1. The minimum Gasteiger partial charge on any atom is -0.459 e. The van der Waals surface area contributed by atoms with Gasteiger partial charge in [0.1, 0.15) is 0 Å². The Bertz CT molecular complexity index is 705. The van der Waals surface area contributed by atoms with Crippen molar-refractivity contribution >= 4 is 21.6 Å². The average molecular weight is 280 g/mol. The van der Waals surface area contributed by atoms with Gasteiger partial charge in [0.05, 0.1) is 11.2 Å². The minimum absolute atomic E-state index is 0.0234. The summed E-state index contributed by atoms with van der Waals surface area (Å²) in [6.45, 7) is 1.57. The highest BCUT2D eigenvalue weighted by Crippen LogP contribution is 2.22. The second kappa shape index (κ2) is 4.87. The zero-order chi connectivity index (χ0) is 14.0. The number of amides is 1. The number of carbonyl (C=O) groups is 1. The molecule has 6 nitrogen and oxygen atoms in total. The van der Waals surface area contributed by atoms with Gasteiger partial charge in [-0.1, -0.05) is 6.07 Å². The lowest BCUT2D eigenvalue weighted by molar-refractivity contribution is 0.0996. The predicted octanol–water partition coefficient (Wildman–Crippen LogP) is 1.49. The van der Waals surface area contributed by atoms with Crippen molar-refractivity contribution in [2.24, 2.45) is 5.14 Å². The molecule has 0 aliphatic rings. The van der Waals surface area contributed by atoms with Gasteiger partial charge in [-0.15, -0.1) is 0 Å². The van der Waals surface area contributed by atoms with Crippen LogP contribution in [-0.4, -0.2) is 14.3 Å². The summed E-state index contributed by atoms with van der Waals surface area (Å²) in [5.74, 6) is -0.319. The second-order valence-electron chi connectivity index (χ2n) is 3.91. The number of rotatable bonds is 3. The van der Waals surface area contributed by atoms with Crippen molar-refractivity contribution in [1.82, 2.24) is 0 Å². The Morgan fingerprint density at radius 3 is 2.58 bits per heavy atom. The number of nitrogens with two attached hydrogens (primary N) is 1. The van der Waals surface area contributed by atoms with E-state index in [0.717, 1.165) is 0 Å². The molecule has 0 spiro atoms. The van der Waals surface area contributed by atoms with Gasteiger partial charge in [0.2, 0.25) is 10.0 Å². The summed E-state index contributed by atoms with van der Waals surface area (Å²) >= 11 is 0. The Morgan fingerprint density at radius 1 is 1.26 bits per heavy atom. The summed E-state index contributed by atoms with van der Waals surface area (Å²) < 4.78 is 27.7. The molecule has 100 valence electrons. The van der Waals surface area contributed by atoms with E-state index >= 15 is 0 Å². The van der Waals surface area contributed by atoms with Crippen LogP contribution in [0.2, 0.25) is 0 Å². The van der Waals surface area contributed by atoms with Crippen molar-refractivity contribution in [3.8, 4) is 0 Å². The molecule has 0 atom stereocenters. The van der Waals surface area contributed by atoms with E-state index in [1.54, 1.807) is 19.1 Å². The first kappa shape index (κ1) is 13.3. The molecule has 7 heteroatoms. The van der Waals surface area contributed by atoms with Crippen LogP contribution in [0.25, 0.3) is 0 Å². The van der Waals surface area contributed by atoms with E-state index in [1.165, 1.54) is 24.5 Å². The van der Waals surface area contributed by atoms with Crippen LogP contribution in [-0.2, 0) is 10.0 Å². The van der Waals surface area contributed by atoms with Crippen LogP contribution in [0.5, 0.6) is 0 Å². The maximum absolute atomic E-state index is 11.8. The Kier molecular flexibility index (Phi) is 3.41. The molecule has 0 aliphatic heterocycles. The van der Waals surface area contributed by atoms with Crippen molar-refractivity contribution in [1.29, 1.82) is 0 Å². The molecule has 1 aromatic carbocycles. The summed E-state index contributed by atoms with van der Waals surface area (Å²) in [5.41, 5.74) is 0.748. The third-order valence-electron chi connectivity index (χ3n) is 2.58. The molecule has 1 heterocycles. The highest BCUT2D eigenvalue weighted by Gasteiger charge is 2.16. The van der Waals surface area contributed by atoms with Gasteiger partial charge in [-0.3, -0.25) is 4.79 Å². The summed E-state index contributed by atoms with van der Waals surface area (Å²) in [4.78, 5) is 11.8. The molecule has 3 N–H and O–H groups in total. The zero-order valence-electron chi connectivity index (χ0n) is 10.1. The number of hydrogen-bond acceptors (Lipinski definition) is 4. The van der Waals surface area contributed by atoms with Crippen LogP contribution in [0.1, 0.15) is 16.1 Å². The van der Waals surface area contributed by atoms with Crippen LogP contribution in [0.15, 0.2) is 45.9 Å². The van der Waals surface area contributed by atoms with Crippen molar-refractivity contribution in [2.75, 3.05) is 5.32 Å². The van der Waals surface area contributed by atoms with E-state index in [1.807, 2.05) is 0 Å². The Balaban J connectivity index is 2.35. The molecule has 0 radical (unpaired) electrons. The largest absolute Gasteiger partial charge is 0.459 e. The first-order valence-corrected chi connectivity index (χ1v) is 6.91. The summed E-state index contributed by atoms with van der Waals surface area (Å²) in [5, 5.41) is 7.67. The van der Waals surface area contributed by atoms with Crippen LogP contribution >= 0.6 is 0 Å². The number of primary sulfonamides is 1. The first-order chi connectivity index (χ1) is 8.89. The molecule has 0 saturated carbocycles. The lowest BCUT2D eigenvalue weighted by atomic mass is 10.2. The topological polar surface area (TPSA) is 102 Å². The molecule has 1 amide bonds. The van der Waals surface area contributed by atoms with E-state index in [0.29, 0.717) is 11.3 Å². The standard InChI is InChI=1S/C12H12N2O4S/c1-8-9(4-2-6-11(8)19(13,16)17)14-12(15)10-5-3-7-18-10/h2-7H,1H3,(H,14,15)(H2,13,16,17). The fraction of sp³-hybridized carbons (Fsp3) is 0.0833. The third-order valence-corrected chi connectivity index (χ3v) is 3.64.